The molecule has 0 bridgehead atoms. The number of unbranched alkanes of at least 4 members (excludes halogenated alkanes) is 42. The Morgan fingerprint density at radius 2 is 0.675 bits per heavy atom. The number of carbonyl (C=O) groups is 2. The van der Waals surface area contributed by atoms with Crippen LogP contribution in [0.1, 0.15) is 335 Å². The summed E-state index contributed by atoms with van der Waals surface area (Å²) in [5, 5.41) is 0. The predicted molar refractivity (Wildman–Crippen MR) is 344 cm³/mol. The molecule has 0 aliphatic heterocycles. The number of hydrogen-bond acceptors (Lipinski definition) is 7. The van der Waals surface area contributed by atoms with E-state index in [1.54, 1.807) is 0 Å². The normalized spacial score (nSPS) is 13.4. The lowest BCUT2D eigenvalue weighted by atomic mass is 10.0. The van der Waals surface area contributed by atoms with Gasteiger partial charge >= 0.3 is 19.8 Å². The van der Waals surface area contributed by atoms with Crippen molar-refractivity contribution in [3.8, 4) is 0 Å². The van der Waals surface area contributed by atoms with Crippen molar-refractivity contribution in [3.63, 3.8) is 0 Å². The summed E-state index contributed by atoms with van der Waals surface area (Å²) in [6.07, 6.45) is 79.2. The van der Waals surface area contributed by atoms with Gasteiger partial charge in [0.1, 0.15) is 19.8 Å². The Balaban J connectivity index is 4.03. The quantitative estimate of drug-likeness (QED) is 0.0211. The van der Waals surface area contributed by atoms with E-state index >= 15 is 0 Å². The summed E-state index contributed by atoms with van der Waals surface area (Å²) >= 11 is 0. The minimum atomic E-state index is -4.39. The average molecular weight is 1150 g/mol. The number of phosphoric acid groups is 1. The number of ether oxygens (including phenoxy) is 2. The number of likely N-dealkylation sites (N-methyl/N-ethyl adjacent to an activating group) is 1. The monoisotopic (exact) mass is 1150 g/mol. The first-order valence-electron chi connectivity index (χ1n) is 34.4. The molecule has 10 heteroatoms. The maximum Gasteiger partial charge on any atom is 0.472 e. The molecule has 1 N–H and O–H groups in total. The van der Waals surface area contributed by atoms with Crippen molar-refractivity contribution >= 4 is 19.8 Å². The molecule has 2 unspecified atom stereocenters. The number of hydrogen-bond donors (Lipinski definition) is 1. The molecular formula is C70H133NO8P+. The molecule has 80 heavy (non-hydrogen) atoms. The second-order valence-corrected chi connectivity index (χ2v) is 26.0. The van der Waals surface area contributed by atoms with Gasteiger partial charge in [-0.1, -0.05) is 294 Å². The summed E-state index contributed by atoms with van der Waals surface area (Å²) in [4.78, 5) is 35.8. The molecule has 0 aromatic carbocycles. The molecule has 9 nitrogen and oxygen atoms in total. The zero-order chi connectivity index (χ0) is 58.4. The van der Waals surface area contributed by atoms with Crippen molar-refractivity contribution in [3.05, 3.63) is 48.6 Å². The highest BCUT2D eigenvalue weighted by Gasteiger charge is 2.27. The first-order valence-corrected chi connectivity index (χ1v) is 35.9. The Morgan fingerprint density at radius 3 is 1.01 bits per heavy atom. The number of allylic oxidation sites excluding steroid dienone is 8. The van der Waals surface area contributed by atoms with Crippen molar-refractivity contribution in [2.24, 2.45) is 0 Å². The summed E-state index contributed by atoms with van der Waals surface area (Å²) in [5.74, 6) is -0.782. The second-order valence-electron chi connectivity index (χ2n) is 24.6. The number of esters is 2. The fraction of sp³-hybridized carbons (Fsp3) is 0.857. The summed E-state index contributed by atoms with van der Waals surface area (Å²) < 4.78 is 34.7. The molecule has 0 radical (unpaired) electrons. The van der Waals surface area contributed by atoms with Crippen molar-refractivity contribution in [2.45, 2.75) is 341 Å². The summed E-state index contributed by atoms with van der Waals surface area (Å²) in [7, 11) is 1.49. The van der Waals surface area contributed by atoms with Gasteiger partial charge in [0, 0.05) is 12.8 Å². The number of nitrogens with zero attached hydrogens (tertiary/aromatic N) is 1. The van der Waals surface area contributed by atoms with Crippen molar-refractivity contribution in [1.82, 2.24) is 0 Å². The van der Waals surface area contributed by atoms with Crippen LogP contribution in [0, 0.1) is 0 Å². The zero-order valence-corrected chi connectivity index (χ0v) is 54.5. The first-order chi connectivity index (χ1) is 39.0. The third kappa shape index (κ3) is 65.1. The van der Waals surface area contributed by atoms with E-state index in [2.05, 4.69) is 62.5 Å². The molecule has 0 heterocycles. The average Bonchev–Trinajstić information content (AvgIpc) is 3.42. The van der Waals surface area contributed by atoms with E-state index in [-0.39, 0.29) is 25.6 Å². The number of rotatable bonds is 64. The van der Waals surface area contributed by atoms with Crippen LogP contribution >= 0.6 is 7.82 Å². The van der Waals surface area contributed by atoms with E-state index in [1.165, 1.54) is 257 Å². The molecule has 0 amide bonds. The predicted octanol–water partition coefficient (Wildman–Crippen LogP) is 22.1. The maximum absolute atomic E-state index is 12.9. The SMILES string of the molecule is CCCCCCC/C=C\C/C=C\C/C=C\CCCCCCCCCCCCCCCCCCC(=O)OC(COC(=O)CCCCCCCCCCCCCCC/C=C\CCCCCCCCCC)COP(=O)(O)OCC[N+](C)(C)C. The molecule has 0 saturated heterocycles. The lowest BCUT2D eigenvalue weighted by Crippen LogP contribution is -2.37. The summed E-state index contributed by atoms with van der Waals surface area (Å²) in [6.45, 7) is 4.48. The Bertz CT molecular complexity index is 1490. The highest BCUT2D eigenvalue weighted by Crippen LogP contribution is 2.43. The third-order valence-electron chi connectivity index (χ3n) is 15.3. The van der Waals surface area contributed by atoms with Crippen LogP contribution in [0.15, 0.2) is 48.6 Å². The van der Waals surface area contributed by atoms with Crippen molar-refractivity contribution < 1.29 is 42.1 Å². The largest absolute Gasteiger partial charge is 0.472 e. The van der Waals surface area contributed by atoms with Crippen LogP contribution in [0.2, 0.25) is 0 Å². The summed E-state index contributed by atoms with van der Waals surface area (Å²) in [6, 6.07) is 0. The van der Waals surface area contributed by atoms with Crippen LogP contribution in [0.4, 0.5) is 0 Å². The molecule has 0 saturated carbocycles. The van der Waals surface area contributed by atoms with Crippen molar-refractivity contribution in [2.75, 3.05) is 47.5 Å². The molecular weight excluding hydrogens is 1010 g/mol. The van der Waals surface area contributed by atoms with Gasteiger partial charge in [0.25, 0.3) is 0 Å². The molecule has 0 fully saturated rings. The van der Waals surface area contributed by atoms with Gasteiger partial charge in [0.05, 0.1) is 27.7 Å². The van der Waals surface area contributed by atoms with E-state index in [1.807, 2.05) is 21.1 Å². The highest BCUT2D eigenvalue weighted by atomic mass is 31.2. The van der Waals surface area contributed by atoms with Gasteiger partial charge < -0.3 is 18.9 Å². The van der Waals surface area contributed by atoms with E-state index in [0.717, 1.165) is 44.9 Å². The Kier molecular flexibility index (Phi) is 60.0. The van der Waals surface area contributed by atoms with E-state index in [9.17, 15) is 19.0 Å². The molecule has 0 spiro atoms. The Hall–Kier alpha value is -2.03. The van der Waals surface area contributed by atoms with Gasteiger partial charge in [-0.25, -0.2) is 4.57 Å². The van der Waals surface area contributed by atoms with Crippen LogP contribution in [-0.4, -0.2) is 74.9 Å². The van der Waals surface area contributed by atoms with Gasteiger partial charge in [0.15, 0.2) is 6.10 Å². The fourth-order valence-corrected chi connectivity index (χ4v) is 10.8. The van der Waals surface area contributed by atoms with Gasteiger partial charge in [0.2, 0.25) is 0 Å². The number of quaternary nitrogens is 1. The topological polar surface area (TPSA) is 108 Å². The van der Waals surface area contributed by atoms with Gasteiger partial charge in [-0.05, 0) is 77.0 Å². The Morgan fingerprint density at radius 1 is 0.388 bits per heavy atom. The molecule has 0 rings (SSSR count). The Labute approximate surface area is 496 Å². The van der Waals surface area contributed by atoms with Crippen LogP contribution < -0.4 is 0 Å². The van der Waals surface area contributed by atoms with Crippen LogP contribution in [0.5, 0.6) is 0 Å². The molecule has 0 aromatic rings. The minimum Gasteiger partial charge on any atom is -0.462 e. The van der Waals surface area contributed by atoms with Crippen LogP contribution in [0.25, 0.3) is 0 Å². The minimum absolute atomic E-state index is 0.0329. The molecule has 2 atom stereocenters. The lowest BCUT2D eigenvalue weighted by Gasteiger charge is -2.24. The second kappa shape index (κ2) is 61.5. The molecule has 0 aliphatic rings. The standard InChI is InChI=1S/C70H132NO8P/c1-6-8-10-12-14-16-18-20-22-24-26-28-30-32-33-34-35-36-37-39-41-43-45-47-49-51-53-55-57-59-61-63-70(73)79-68(67-78-80(74,75)77-65-64-71(3,4)5)66-76-69(72)62-60-58-56-54-52-50-48-46-44-42-40-38-31-29-27-25-23-21-19-17-15-13-11-9-7-2/h18,20,24-27,30,32,68H,6-17,19,21-23,28-29,31,33-67H2,1-5H3/p+1/b20-18-,26-24-,27-25-,32-30-. The van der Waals surface area contributed by atoms with E-state index < -0.39 is 26.5 Å². The fourth-order valence-electron chi connectivity index (χ4n) is 10.0. The van der Waals surface area contributed by atoms with E-state index in [0.29, 0.717) is 23.9 Å². The van der Waals surface area contributed by atoms with Crippen LogP contribution in [-0.2, 0) is 32.7 Å². The van der Waals surface area contributed by atoms with Gasteiger partial charge in [-0.2, -0.15) is 0 Å². The number of carbonyl (C=O) groups excluding carboxylic acids is 2. The maximum atomic E-state index is 12.9. The molecule has 0 aliphatic carbocycles. The van der Waals surface area contributed by atoms with Gasteiger partial charge in [-0.15, -0.1) is 0 Å². The lowest BCUT2D eigenvalue weighted by molar-refractivity contribution is -0.870. The van der Waals surface area contributed by atoms with Crippen LogP contribution in [0.3, 0.4) is 0 Å². The first kappa shape index (κ1) is 78.0. The van der Waals surface area contributed by atoms with E-state index in [4.69, 9.17) is 18.5 Å². The van der Waals surface area contributed by atoms with Gasteiger partial charge in [-0.3, -0.25) is 18.6 Å². The molecule has 470 valence electrons. The highest BCUT2D eigenvalue weighted by molar-refractivity contribution is 7.47. The molecule has 0 aromatic heterocycles. The summed E-state index contributed by atoms with van der Waals surface area (Å²) in [5.41, 5.74) is 0. The smallest absolute Gasteiger partial charge is 0.462 e. The van der Waals surface area contributed by atoms with Crippen molar-refractivity contribution in [1.29, 1.82) is 0 Å². The number of phosphoric ester groups is 1. The third-order valence-corrected chi connectivity index (χ3v) is 16.3. The zero-order valence-electron chi connectivity index (χ0n) is 53.6.